The van der Waals surface area contributed by atoms with E-state index < -0.39 is 11.7 Å². The van der Waals surface area contributed by atoms with Crippen molar-refractivity contribution in [3.63, 3.8) is 0 Å². The van der Waals surface area contributed by atoms with Crippen molar-refractivity contribution in [1.29, 1.82) is 0 Å². The van der Waals surface area contributed by atoms with E-state index >= 15 is 0 Å². The van der Waals surface area contributed by atoms with Gasteiger partial charge in [-0.3, -0.25) is 9.48 Å². The minimum Gasteiger partial charge on any atom is -0.486 e. The van der Waals surface area contributed by atoms with Gasteiger partial charge in [-0.25, -0.2) is 0 Å². The highest BCUT2D eigenvalue weighted by Gasteiger charge is 2.40. The maximum Gasteiger partial charge on any atom is 0.223 e. The van der Waals surface area contributed by atoms with Crippen LogP contribution in [0.25, 0.3) is 0 Å². The molecule has 1 saturated heterocycles. The monoisotopic (exact) mass is 357 g/mol. The Morgan fingerprint density at radius 2 is 2.12 bits per heavy atom. The lowest BCUT2D eigenvalue weighted by Gasteiger charge is -2.42. The number of para-hydroxylation sites is 1. The minimum atomic E-state index is -0.952. The van der Waals surface area contributed by atoms with Crippen molar-refractivity contribution < 1.29 is 14.6 Å². The molecule has 1 amide bonds. The molecule has 1 aliphatic rings. The van der Waals surface area contributed by atoms with Crippen LogP contribution in [0, 0.1) is 6.92 Å². The van der Waals surface area contributed by atoms with Crippen LogP contribution in [0.1, 0.15) is 31.0 Å². The van der Waals surface area contributed by atoms with E-state index in [9.17, 15) is 9.90 Å². The Kier molecular flexibility index (Phi) is 5.32. The minimum absolute atomic E-state index is 0.0883. The van der Waals surface area contributed by atoms with Gasteiger partial charge in [0.1, 0.15) is 17.5 Å². The maximum absolute atomic E-state index is 12.7. The van der Waals surface area contributed by atoms with Gasteiger partial charge in [0.2, 0.25) is 5.91 Å². The summed E-state index contributed by atoms with van der Waals surface area (Å²) in [7, 11) is 1.89. The number of aryl methyl sites for hydroxylation is 3. The zero-order valence-electron chi connectivity index (χ0n) is 15.7. The van der Waals surface area contributed by atoms with Crippen LogP contribution in [0.4, 0.5) is 0 Å². The van der Waals surface area contributed by atoms with Crippen LogP contribution in [0.15, 0.2) is 36.5 Å². The van der Waals surface area contributed by atoms with Gasteiger partial charge in [0.15, 0.2) is 0 Å². The second kappa shape index (κ2) is 7.50. The zero-order valence-corrected chi connectivity index (χ0v) is 15.7. The van der Waals surface area contributed by atoms with Crippen molar-refractivity contribution in [3.05, 3.63) is 47.8 Å². The van der Waals surface area contributed by atoms with E-state index in [0.29, 0.717) is 38.1 Å². The number of likely N-dealkylation sites (tertiary alicyclic amines) is 1. The normalized spacial score (nSPS) is 23.1. The Hall–Kier alpha value is -2.34. The van der Waals surface area contributed by atoms with Gasteiger partial charge in [0, 0.05) is 26.2 Å². The number of nitrogens with zero attached hydrogens (tertiary/aromatic N) is 3. The molecule has 6 nitrogen and oxygen atoms in total. The van der Waals surface area contributed by atoms with Crippen molar-refractivity contribution in [2.24, 2.45) is 7.05 Å². The Labute approximate surface area is 154 Å². The fourth-order valence-electron chi connectivity index (χ4n) is 3.36. The molecule has 1 aromatic heterocycles. The van der Waals surface area contributed by atoms with Gasteiger partial charge < -0.3 is 14.7 Å². The van der Waals surface area contributed by atoms with Gasteiger partial charge in [0.05, 0.1) is 12.2 Å². The first kappa shape index (κ1) is 18.5. The standard InChI is InChI=1S/C20H27N3O3/c1-15-16(13-22(3)21-15)9-10-19(24)23-12-11-20(2,25)18(14-23)26-17-7-5-4-6-8-17/h4-8,13,18,25H,9-12,14H2,1-3H3/t18-,20-/m1/s1. The number of benzene rings is 1. The molecule has 0 radical (unpaired) electrons. The van der Waals surface area contributed by atoms with Gasteiger partial charge in [-0.1, -0.05) is 18.2 Å². The number of carbonyl (C=O) groups is 1. The third-order valence-electron chi connectivity index (χ3n) is 5.07. The van der Waals surface area contributed by atoms with Crippen molar-refractivity contribution in [2.45, 2.75) is 44.8 Å². The lowest BCUT2D eigenvalue weighted by molar-refractivity contribution is -0.143. The molecule has 26 heavy (non-hydrogen) atoms. The second-order valence-electron chi connectivity index (χ2n) is 7.28. The topological polar surface area (TPSA) is 67.6 Å². The molecule has 1 N–H and O–H groups in total. The van der Waals surface area contributed by atoms with Gasteiger partial charge in [-0.15, -0.1) is 0 Å². The highest BCUT2D eigenvalue weighted by Crippen LogP contribution is 2.27. The fourth-order valence-corrected chi connectivity index (χ4v) is 3.36. The highest BCUT2D eigenvalue weighted by molar-refractivity contribution is 5.76. The summed E-state index contributed by atoms with van der Waals surface area (Å²) >= 11 is 0. The number of rotatable bonds is 5. The molecule has 2 aromatic rings. The van der Waals surface area contributed by atoms with E-state index in [1.807, 2.05) is 50.5 Å². The number of piperidine rings is 1. The van der Waals surface area contributed by atoms with Gasteiger partial charge >= 0.3 is 0 Å². The fraction of sp³-hybridized carbons (Fsp3) is 0.500. The molecular weight excluding hydrogens is 330 g/mol. The van der Waals surface area contributed by atoms with E-state index in [1.54, 1.807) is 16.5 Å². The third kappa shape index (κ3) is 4.25. The molecule has 1 aromatic carbocycles. The summed E-state index contributed by atoms with van der Waals surface area (Å²) in [5.41, 5.74) is 1.11. The first-order chi connectivity index (χ1) is 12.3. The first-order valence-corrected chi connectivity index (χ1v) is 9.06. The summed E-state index contributed by atoms with van der Waals surface area (Å²) in [5.74, 6) is 0.795. The Bertz CT molecular complexity index is 755. The Balaban J connectivity index is 1.61. The van der Waals surface area contributed by atoms with Crippen LogP contribution < -0.4 is 4.74 Å². The zero-order chi connectivity index (χ0) is 18.7. The van der Waals surface area contributed by atoms with E-state index in [1.165, 1.54) is 0 Å². The molecule has 0 aliphatic carbocycles. The summed E-state index contributed by atoms with van der Waals surface area (Å²) in [6, 6.07) is 9.43. The van der Waals surface area contributed by atoms with Crippen LogP contribution in [0.2, 0.25) is 0 Å². The van der Waals surface area contributed by atoms with Crippen LogP contribution in [0.3, 0.4) is 0 Å². The van der Waals surface area contributed by atoms with Crippen molar-refractivity contribution in [3.8, 4) is 5.75 Å². The molecule has 6 heteroatoms. The smallest absolute Gasteiger partial charge is 0.223 e. The summed E-state index contributed by atoms with van der Waals surface area (Å²) in [5, 5.41) is 15.0. The third-order valence-corrected chi connectivity index (χ3v) is 5.07. The summed E-state index contributed by atoms with van der Waals surface area (Å²) < 4.78 is 7.75. The van der Waals surface area contributed by atoms with Gasteiger partial charge in [-0.05, 0) is 44.4 Å². The average Bonchev–Trinajstić information content (AvgIpc) is 2.93. The van der Waals surface area contributed by atoms with Crippen molar-refractivity contribution in [1.82, 2.24) is 14.7 Å². The van der Waals surface area contributed by atoms with Crippen molar-refractivity contribution in [2.75, 3.05) is 13.1 Å². The molecule has 1 fully saturated rings. The van der Waals surface area contributed by atoms with E-state index in [0.717, 1.165) is 11.3 Å². The number of ether oxygens (including phenoxy) is 1. The maximum atomic E-state index is 12.7. The molecule has 1 aliphatic heterocycles. The summed E-state index contributed by atoms with van der Waals surface area (Å²) in [6.07, 6.45) is 3.14. The molecule has 2 heterocycles. The molecule has 0 unspecified atom stereocenters. The van der Waals surface area contributed by atoms with Crippen molar-refractivity contribution >= 4 is 5.91 Å². The molecular formula is C20H27N3O3. The number of hydrogen-bond acceptors (Lipinski definition) is 4. The summed E-state index contributed by atoms with van der Waals surface area (Å²) in [6.45, 7) is 4.68. The molecule has 2 atom stereocenters. The predicted molar refractivity (Wildman–Crippen MR) is 98.9 cm³/mol. The van der Waals surface area contributed by atoms with E-state index in [2.05, 4.69) is 5.10 Å². The van der Waals surface area contributed by atoms with Gasteiger partial charge in [-0.2, -0.15) is 5.10 Å². The molecule has 0 bridgehead atoms. The van der Waals surface area contributed by atoms with Gasteiger partial charge in [0.25, 0.3) is 0 Å². The highest BCUT2D eigenvalue weighted by atomic mass is 16.5. The largest absolute Gasteiger partial charge is 0.486 e. The van der Waals surface area contributed by atoms with Crippen LogP contribution in [-0.4, -0.2) is 50.5 Å². The van der Waals surface area contributed by atoms with E-state index in [4.69, 9.17) is 4.74 Å². The Morgan fingerprint density at radius 3 is 2.77 bits per heavy atom. The first-order valence-electron chi connectivity index (χ1n) is 9.06. The average molecular weight is 357 g/mol. The summed E-state index contributed by atoms with van der Waals surface area (Å²) in [4.78, 5) is 14.5. The number of aliphatic hydroxyl groups is 1. The lowest BCUT2D eigenvalue weighted by atomic mass is 9.90. The predicted octanol–water partition coefficient (Wildman–Crippen LogP) is 2.09. The van der Waals surface area contributed by atoms with Crippen LogP contribution in [-0.2, 0) is 18.3 Å². The SMILES string of the molecule is Cc1nn(C)cc1CCC(=O)N1CC[C@@](C)(O)[C@H](Oc2ccccc2)C1. The number of aromatic nitrogens is 2. The Morgan fingerprint density at radius 1 is 1.38 bits per heavy atom. The number of carbonyl (C=O) groups excluding carboxylic acids is 1. The second-order valence-corrected chi connectivity index (χ2v) is 7.28. The van der Waals surface area contributed by atoms with Crippen LogP contribution in [0.5, 0.6) is 5.75 Å². The molecule has 3 rings (SSSR count). The van der Waals surface area contributed by atoms with Crippen LogP contribution >= 0.6 is 0 Å². The lowest BCUT2D eigenvalue weighted by Crippen LogP contribution is -2.57. The quantitative estimate of drug-likeness (QED) is 0.890. The number of amides is 1. The molecule has 0 saturated carbocycles. The number of hydrogen-bond donors (Lipinski definition) is 1. The molecule has 0 spiro atoms. The van der Waals surface area contributed by atoms with E-state index in [-0.39, 0.29) is 5.91 Å². The molecule has 140 valence electrons.